The van der Waals surface area contributed by atoms with Gasteiger partial charge in [0.05, 0.1) is 5.75 Å². The van der Waals surface area contributed by atoms with Gasteiger partial charge in [-0.3, -0.25) is 4.79 Å². The number of sulfone groups is 1. The van der Waals surface area contributed by atoms with Gasteiger partial charge in [-0.25, -0.2) is 12.8 Å². The second-order valence-corrected chi connectivity index (χ2v) is 4.96. The summed E-state index contributed by atoms with van der Waals surface area (Å²) in [7, 11) is -3.60. The molecule has 0 amide bonds. The Kier molecular flexibility index (Phi) is 3.00. The first-order chi connectivity index (χ1) is 6.51. The first-order valence-corrected chi connectivity index (χ1v) is 5.64. The number of carbonyl (C=O) groups excluding carboxylic acids is 1. The van der Waals surface area contributed by atoms with Crippen LogP contribution in [0.1, 0.15) is 17.3 Å². The molecule has 14 heavy (non-hydrogen) atoms. The van der Waals surface area contributed by atoms with E-state index in [4.69, 9.17) is 0 Å². The average Bonchev–Trinajstić information content (AvgIpc) is 2.18. The summed E-state index contributed by atoms with van der Waals surface area (Å²) < 4.78 is 35.8. The molecule has 0 saturated carbocycles. The predicted octanol–water partition coefficient (Wildman–Crippen LogP) is 1.43. The van der Waals surface area contributed by atoms with E-state index in [2.05, 4.69) is 0 Å². The van der Waals surface area contributed by atoms with Crippen molar-refractivity contribution in [3.8, 4) is 0 Å². The molecule has 0 fully saturated rings. The van der Waals surface area contributed by atoms with Gasteiger partial charge in [-0.15, -0.1) is 0 Å². The van der Waals surface area contributed by atoms with Crippen molar-refractivity contribution < 1.29 is 17.6 Å². The Morgan fingerprint density at radius 3 is 2.57 bits per heavy atom. The molecule has 0 N–H and O–H groups in total. The molecule has 0 spiro atoms. The minimum Gasteiger partial charge on any atom is -0.298 e. The standard InChI is InChI=1S/C9H9FO3S/c1-2-14(12,13)9-5-7(6-11)3-4-8(9)10/h3-6H,2H2,1H3. The van der Waals surface area contributed by atoms with E-state index in [1.165, 1.54) is 13.0 Å². The quantitative estimate of drug-likeness (QED) is 0.718. The lowest BCUT2D eigenvalue weighted by Gasteiger charge is -2.02. The second-order valence-electron chi connectivity index (χ2n) is 2.71. The van der Waals surface area contributed by atoms with E-state index in [9.17, 15) is 17.6 Å². The number of benzene rings is 1. The van der Waals surface area contributed by atoms with E-state index in [-0.39, 0.29) is 11.3 Å². The molecule has 76 valence electrons. The Balaban J connectivity index is 3.40. The molecule has 1 aromatic carbocycles. The van der Waals surface area contributed by atoms with Gasteiger partial charge < -0.3 is 0 Å². The predicted molar refractivity (Wildman–Crippen MR) is 49.5 cm³/mol. The molecule has 0 saturated heterocycles. The zero-order valence-electron chi connectivity index (χ0n) is 7.53. The first-order valence-electron chi connectivity index (χ1n) is 3.98. The number of carbonyl (C=O) groups is 1. The Labute approximate surface area is 81.5 Å². The van der Waals surface area contributed by atoms with Crippen molar-refractivity contribution in [2.45, 2.75) is 11.8 Å². The van der Waals surface area contributed by atoms with Crippen LogP contribution in [0.15, 0.2) is 23.1 Å². The van der Waals surface area contributed by atoms with Crippen molar-refractivity contribution in [2.24, 2.45) is 0 Å². The largest absolute Gasteiger partial charge is 0.298 e. The molecule has 0 heterocycles. The average molecular weight is 216 g/mol. The molecule has 0 unspecified atom stereocenters. The third-order valence-corrected chi connectivity index (χ3v) is 3.55. The van der Waals surface area contributed by atoms with E-state index in [0.29, 0.717) is 6.29 Å². The summed E-state index contributed by atoms with van der Waals surface area (Å²) in [4.78, 5) is 9.96. The molecule has 0 radical (unpaired) electrons. The molecule has 0 aromatic heterocycles. The third-order valence-electron chi connectivity index (χ3n) is 1.81. The SMILES string of the molecule is CCS(=O)(=O)c1cc(C=O)ccc1F. The Morgan fingerprint density at radius 1 is 1.43 bits per heavy atom. The fourth-order valence-electron chi connectivity index (χ4n) is 0.987. The van der Waals surface area contributed by atoms with E-state index >= 15 is 0 Å². The van der Waals surface area contributed by atoms with Gasteiger partial charge in [0.1, 0.15) is 17.0 Å². The monoisotopic (exact) mass is 216 g/mol. The van der Waals surface area contributed by atoms with Crippen LogP contribution in [0.5, 0.6) is 0 Å². The van der Waals surface area contributed by atoms with Crippen LogP contribution >= 0.6 is 0 Å². The zero-order valence-corrected chi connectivity index (χ0v) is 8.34. The highest BCUT2D eigenvalue weighted by atomic mass is 32.2. The number of aldehydes is 1. The lowest BCUT2D eigenvalue weighted by molar-refractivity contribution is 0.112. The second kappa shape index (κ2) is 3.88. The lowest BCUT2D eigenvalue weighted by Crippen LogP contribution is -2.06. The van der Waals surface area contributed by atoms with Crippen molar-refractivity contribution in [3.63, 3.8) is 0 Å². The Bertz CT molecular complexity index is 451. The van der Waals surface area contributed by atoms with E-state index < -0.39 is 20.5 Å². The molecular formula is C9H9FO3S. The van der Waals surface area contributed by atoms with Crippen LogP contribution in [0.3, 0.4) is 0 Å². The van der Waals surface area contributed by atoms with Gasteiger partial charge in [-0.1, -0.05) is 6.92 Å². The fraction of sp³-hybridized carbons (Fsp3) is 0.222. The maximum absolute atomic E-state index is 13.1. The summed E-state index contributed by atoms with van der Waals surface area (Å²) in [5.74, 6) is -1.01. The highest BCUT2D eigenvalue weighted by molar-refractivity contribution is 7.91. The minimum absolute atomic E-state index is 0.151. The highest BCUT2D eigenvalue weighted by Crippen LogP contribution is 2.16. The smallest absolute Gasteiger partial charge is 0.181 e. The van der Waals surface area contributed by atoms with E-state index in [1.807, 2.05) is 0 Å². The molecule has 1 aromatic rings. The van der Waals surface area contributed by atoms with Gasteiger partial charge in [0, 0.05) is 5.56 Å². The molecule has 3 nitrogen and oxygen atoms in total. The maximum Gasteiger partial charge on any atom is 0.181 e. The van der Waals surface area contributed by atoms with Crippen LogP contribution in [-0.4, -0.2) is 20.5 Å². The zero-order chi connectivity index (χ0) is 10.8. The van der Waals surface area contributed by atoms with Gasteiger partial charge in [-0.2, -0.15) is 0 Å². The van der Waals surface area contributed by atoms with Gasteiger partial charge >= 0.3 is 0 Å². The summed E-state index contributed by atoms with van der Waals surface area (Å²) in [5, 5.41) is 0. The van der Waals surface area contributed by atoms with Crippen LogP contribution in [0.4, 0.5) is 4.39 Å². The summed E-state index contributed by atoms with van der Waals surface area (Å²) in [6, 6.07) is 3.25. The number of hydrogen-bond donors (Lipinski definition) is 0. The van der Waals surface area contributed by atoms with Crippen LogP contribution in [-0.2, 0) is 9.84 Å². The first kappa shape index (κ1) is 10.8. The topological polar surface area (TPSA) is 51.2 Å². The van der Waals surface area contributed by atoms with Crippen LogP contribution in [0.2, 0.25) is 0 Å². The molecule has 0 aliphatic carbocycles. The fourth-order valence-corrected chi connectivity index (χ4v) is 1.98. The van der Waals surface area contributed by atoms with Crippen molar-refractivity contribution in [3.05, 3.63) is 29.6 Å². The molecule has 0 bridgehead atoms. The van der Waals surface area contributed by atoms with Gasteiger partial charge in [0.25, 0.3) is 0 Å². The van der Waals surface area contributed by atoms with Crippen LogP contribution in [0, 0.1) is 5.82 Å². The number of rotatable bonds is 3. The number of halogens is 1. The van der Waals surface area contributed by atoms with Crippen molar-refractivity contribution in [1.82, 2.24) is 0 Å². The molecule has 1 rings (SSSR count). The highest BCUT2D eigenvalue weighted by Gasteiger charge is 2.17. The summed E-state index contributed by atoms with van der Waals surface area (Å²) in [6.07, 6.45) is 0.480. The summed E-state index contributed by atoms with van der Waals surface area (Å²) >= 11 is 0. The molecule has 0 aliphatic rings. The normalized spacial score (nSPS) is 11.3. The summed E-state index contributed by atoms with van der Waals surface area (Å²) in [5.41, 5.74) is 0.151. The Morgan fingerprint density at radius 2 is 2.07 bits per heavy atom. The van der Waals surface area contributed by atoms with Gasteiger partial charge in [-0.05, 0) is 18.2 Å². The summed E-state index contributed by atoms with van der Waals surface area (Å²) in [6.45, 7) is 1.42. The van der Waals surface area contributed by atoms with Crippen molar-refractivity contribution in [2.75, 3.05) is 5.75 Å². The molecule has 0 aliphatic heterocycles. The molecule has 0 atom stereocenters. The van der Waals surface area contributed by atoms with Crippen LogP contribution in [0.25, 0.3) is 0 Å². The minimum atomic E-state index is -3.60. The van der Waals surface area contributed by atoms with Gasteiger partial charge in [0.15, 0.2) is 9.84 Å². The Hall–Kier alpha value is -1.23. The van der Waals surface area contributed by atoms with Crippen LogP contribution < -0.4 is 0 Å². The number of hydrogen-bond acceptors (Lipinski definition) is 3. The van der Waals surface area contributed by atoms with E-state index in [0.717, 1.165) is 12.1 Å². The maximum atomic E-state index is 13.1. The third kappa shape index (κ3) is 1.98. The van der Waals surface area contributed by atoms with Gasteiger partial charge in [0.2, 0.25) is 0 Å². The molecule has 5 heteroatoms. The van der Waals surface area contributed by atoms with Crippen molar-refractivity contribution in [1.29, 1.82) is 0 Å². The van der Waals surface area contributed by atoms with E-state index in [1.54, 1.807) is 0 Å². The van der Waals surface area contributed by atoms with Crippen molar-refractivity contribution >= 4 is 16.1 Å². The lowest BCUT2D eigenvalue weighted by atomic mass is 10.2. The molecular weight excluding hydrogens is 207 g/mol.